The fraction of sp³-hybridized carbons (Fsp3) is 0.500. The Hall–Kier alpha value is -2.11. The molecule has 0 aliphatic heterocycles. The van der Waals surface area contributed by atoms with Crippen LogP contribution in [0.3, 0.4) is 0 Å². The van der Waals surface area contributed by atoms with E-state index in [-0.39, 0.29) is 23.4 Å². The summed E-state index contributed by atoms with van der Waals surface area (Å²) in [6, 6.07) is 2.86. The first-order valence-electron chi connectivity index (χ1n) is 6.35. The summed E-state index contributed by atoms with van der Waals surface area (Å²) >= 11 is 0. The molecule has 0 saturated carbocycles. The summed E-state index contributed by atoms with van der Waals surface area (Å²) in [4.78, 5) is 26.8. The van der Waals surface area contributed by atoms with Crippen molar-refractivity contribution in [2.75, 3.05) is 6.54 Å². The Kier molecular flexibility index (Phi) is 5.07. The van der Waals surface area contributed by atoms with Gasteiger partial charge < -0.3 is 15.5 Å². The predicted octanol–water partition coefficient (Wildman–Crippen LogP) is 1.65. The molecule has 3 N–H and O–H groups in total. The van der Waals surface area contributed by atoms with E-state index < -0.39 is 17.8 Å². The Bertz CT molecular complexity index is 494. The van der Waals surface area contributed by atoms with E-state index in [4.69, 9.17) is 5.11 Å². The third-order valence-electron chi connectivity index (χ3n) is 2.72. The molecule has 1 rings (SSSR count). The zero-order chi connectivity index (χ0) is 15.3. The summed E-state index contributed by atoms with van der Waals surface area (Å²) < 4.78 is 0. The fourth-order valence-electron chi connectivity index (χ4n) is 1.86. The van der Waals surface area contributed by atoms with Crippen LogP contribution in [0.1, 0.15) is 37.7 Å². The van der Waals surface area contributed by atoms with Gasteiger partial charge in [0, 0.05) is 12.7 Å². The van der Waals surface area contributed by atoms with Gasteiger partial charge in [-0.15, -0.1) is 0 Å². The summed E-state index contributed by atoms with van der Waals surface area (Å²) in [7, 11) is 0. The molecule has 0 bridgehead atoms. The van der Waals surface area contributed by atoms with Gasteiger partial charge in [0.15, 0.2) is 5.69 Å². The molecule has 0 aromatic carbocycles. The van der Waals surface area contributed by atoms with Crippen molar-refractivity contribution in [3.63, 3.8) is 0 Å². The third kappa shape index (κ3) is 4.87. The Labute approximate surface area is 117 Å². The van der Waals surface area contributed by atoms with Gasteiger partial charge in [-0.05, 0) is 24.0 Å². The van der Waals surface area contributed by atoms with E-state index >= 15 is 0 Å². The number of hydrogen-bond donors (Lipinski definition) is 3. The molecule has 1 unspecified atom stereocenters. The Balaban J connectivity index is 2.67. The van der Waals surface area contributed by atoms with Crippen molar-refractivity contribution in [1.29, 1.82) is 0 Å². The van der Waals surface area contributed by atoms with E-state index in [1.54, 1.807) is 0 Å². The molecule has 0 aliphatic carbocycles. The monoisotopic (exact) mass is 280 g/mol. The van der Waals surface area contributed by atoms with Crippen molar-refractivity contribution in [2.45, 2.75) is 27.2 Å². The van der Waals surface area contributed by atoms with Gasteiger partial charge in [-0.1, -0.05) is 20.8 Å². The van der Waals surface area contributed by atoms with Crippen molar-refractivity contribution in [3.8, 4) is 5.75 Å². The van der Waals surface area contributed by atoms with Gasteiger partial charge in [-0.2, -0.15) is 0 Å². The van der Waals surface area contributed by atoms with Crippen LogP contribution in [0.2, 0.25) is 0 Å². The number of nitrogens with one attached hydrogen (secondary N) is 1. The molecule has 1 atom stereocenters. The molecule has 6 nitrogen and oxygen atoms in total. The quantitative estimate of drug-likeness (QED) is 0.761. The topological polar surface area (TPSA) is 99.5 Å². The molecule has 0 saturated heterocycles. The average molecular weight is 280 g/mol. The minimum atomic E-state index is -0.953. The van der Waals surface area contributed by atoms with Crippen LogP contribution in [0, 0.1) is 11.3 Å². The van der Waals surface area contributed by atoms with Crippen molar-refractivity contribution in [3.05, 3.63) is 24.0 Å². The van der Waals surface area contributed by atoms with E-state index in [1.807, 2.05) is 20.8 Å². The highest BCUT2D eigenvalue weighted by molar-refractivity contribution is 5.94. The van der Waals surface area contributed by atoms with Gasteiger partial charge in [0.1, 0.15) is 5.75 Å². The second kappa shape index (κ2) is 6.36. The first kappa shape index (κ1) is 15.9. The van der Waals surface area contributed by atoms with E-state index in [2.05, 4.69) is 10.3 Å². The van der Waals surface area contributed by atoms with Crippen molar-refractivity contribution in [1.82, 2.24) is 10.3 Å². The number of aliphatic carboxylic acids is 1. The molecule has 1 aromatic heterocycles. The van der Waals surface area contributed by atoms with Gasteiger partial charge in [-0.3, -0.25) is 9.59 Å². The number of carboxylic acids is 1. The van der Waals surface area contributed by atoms with E-state index in [0.29, 0.717) is 6.42 Å². The molecule has 20 heavy (non-hydrogen) atoms. The highest BCUT2D eigenvalue weighted by atomic mass is 16.4. The van der Waals surface area contributed by atoms with Gasteiger partial charge in [0.2, 0.25) is 0 Å². The lowest BCUT2D eigenvalue weighted by atomic mass is 9.84. The zero-order valence-electron chi connectivity index (χ0n) is 11.9. The van der Waals surface area contributed by atoms with Crippen LogP contribution in [0.15, 0.2) is 18.3 Å². The van der Waals surface area contributed by atoms with Crippen molar-refractivity contribution in [2.24, 2.45) is 11.3 Å². The molecule has 0 spiro atoms. The number of amides is 1. The first-order chi connectivity index (χ1) is 9.20. The zero-order valence-corrected chi connectivity index (χ0v) is 11.9. The Morgan fingerprint density at radius 1 is 1.40 bits per heavy atom. The van der Waals surface area contributed by atoms with Crippen LogP contribution < -0.4 is 5.32 Å². The second-order valence-corrected chi connectivity index (χ2v) is 5.88. The summed E-state index contributed by atoms with van der Waals surface area (Å²) in [6.45, 7) is 5.82. The summed E-state index contributed by atoms with van der Waals surface area (Å²) in [5, 5.41) is 21.2. The fourth-order valence-corrected chi connectivity index (χ4v) is 1.86. The van der Waals surface area contributed by atoms with Crippen LogP contribution in [0.5, 0.6) is 5.75 Å². The minimum Gasteiger partial charge on any atom is -0.505 e. The number of carbonyl (C=O) groups is 2. The molecule has 6 heteroatoms. The van der Waals surface area contributed by atoms with Crippen LogP contribution >= 0.6 is 0 Å². The average Bonchev–Trinajstić information content (AvgIpc) is 2.33. The number of hydrogen-bond acceptors (Lipinski definition) is 4. The number of pyridine rings is 1. The van der Waals surface area contributed by atoms with Gasteiger partial charge in [-0.25, -0.2) is 4.98 Å². The molecule has 1 aromatic rings. The molecule has 1 heterocycles. The third-order valence-corrected chi connectivity index (χ3v) is 2.72. The standard InChI is InChI=1S/C14H20N2O4/c1-14(2,3)7-9(13(19)20)8-16-12(18)11-10(17)5-4-6-15-11/h4-6,9,17H,7-8H2,1-3H3,(H,16,18)(H,19,20). The van der Waals surface area contributed by atoms with E-state index in [1.165, 1.54) is 18.3 Å². The second-order valence-electron chi connectivity index (χ2n) is 5.88. The van der Waals surface area contributed by atoms with Gasteiger partial charge in [0.05, 0.1) is 5.92 Å². The van der Waals surface area contributed by atoms with Crippen LogP contribution in [-0.2, 0) is 4.79 Å². The van der Waals surface area contributed by atoms with Crippen LogP contribution in [-0.4, -0.2) is 33.6 Å². The normalized spacial score (nSPS) is 12.8. The van der Waals surface area contributed by atoms with Gasteiger partial charge in [0.25, 0.3) is 5.91 Å². The Morgan fingerprint density at radius 2 is 2.05 bits per heavy atom. The number of carbonyl (C=O) groups excluding carboxylic acids is 1. The predicted molar refractivity (Wildman–Crippen MR) is 73.4 cm³/mol. The molecular formula is C14H20N2O4. The number of aromatic hydroxyl groups is 1. The molecular weight excluding hydrogens is 260 g/mol. The highest BCUT2D eigenvalue weighted by Gasteiger charge is 2.25. The Morgan fingerprint density at radius 3 is 2.55 bits per heavy atom. The number of nitrogens with zero attached hydrogens (tertiary/aromatic N) is 1. The minimum absolute atomic E-state index is 0.00144. The molecule has 0 radical (unpaired) electrons. The van der Waals surface area contributed by atoms with Gasteiger partial charge >= 0.3 is 5.97 Å². The number of carboxylic acid groups (broad SMARTS) is 1. The summed E-state index contributed by atoms with van der Waals surface area (Å²) in [5.41, 5.74) is -0.256. The molecule has 110 valence electrons. The summed E-state index contributed by atoms with van der Waals surface area (Å²) in [5.74, 6) is -2.44. The SMILES string of the molecule is CC(C)(C)CC(CNC(=O)c1ncccc1O)C(=O)O. The molecule has 1 amide bonds. The van der Waals surface area contributed by atoms with Crippen molar-refractivity contribution < 1.29 is 19.8 Å². The maximum atomic E-state index is 11.8. The highest BCUT2D eigenvalue weighted by Crippen LogP contribution is 2.24. The maximum absolute atomic E-state index is 11.8. The van der Waals surface area contributed by atoms with E-state index in [9.17, 15) is 14.7 Å². The molecule has 0 aliphatic rings. The van der Waals surface area contributed by atoms with Crippen molar-refractivity contribution >= 4 is 11.9 Å². The summed E-state index contributed by atoms with van der Waals surface area (Å²) in [6.07, 6.45) is 1.83. The largest absolute Gasteiger partial charge is 0.505 e. The lowest BCUT2D eigenvalue weighted by Crippen LogP contribution is -2.35. The number of rotatable bonds is 5. The van der Waals surface area contributed by atoms with Crippen LogP contribution in [0.4, 0.5) is 0 Å². The van der Waals surface area contributed by atoms with E-state index in [0.717, 1.165) is 0 Å². The maximum Gasteiger partial charge on any atom is 0.308 e. The molecule has 0 fully saturated rings. The van der Waals surface area contributed by atoms with Crippen LogP contribution in [0.25, 0.3) is 0 Å². The lowest BCUT2D eigenvalue weighted by molar-refractivity contribution is -0.142. The lowest BCUT2D eigenvalue weighted by Gasteiger charge is -2.23. The smallest absolute Gasteiger partial charge is 0.308 e. The number of aromatic nitrogens is 1. The first-order valence-corrected chi connectivity index (χ1v) is 6.35.